The highest BCUT2D eigenvalue weighted by atomic mass is 35.5. The van der Waals surface area contributed by atoms with E-state index in [1.165, 1.54) is 0 Å². The highest BCUT2D eigenvalue weighted by Crippen LogP contribution is 2.34. The predicted molar refractivity (Wildman–Crippen MR) is 84.4 cm³/mol. The van der Waals surface area contributed by atoms with Crippen molar-refractivity contribution in [2.45, 2.75) is 23.9 Å². The zero-order valence-electron chi connectivity index (χ0n) is 13.1. The minimum absolute atomic E-state index is 0.0661. The lowest BCUT2D eigenvalue weighted by Gasteiger charge is -2.24. The fourth-order valence-corrected chi connectivity index (χ4v) is 4.53. The van der Waals surface area contributed by atoms with Crippen LogP contribution in [0.1, 0.15) is 18.4 Å². The first-order chi connectivity index (χ1) is 11.7. The molecule has 1 aliphatic heterocycles. The van der Waals surface area contributed by atoms with Crippen molar-refractivity contribution in [3.63, 3.8) is 0 Å². The molecule has 1 fully saturated rings. The van der Waals surface area contributed by atoms with Gasteiger partial charge >= 0.3 is 6.18 Å². The molecule has 25 heavy (non-hydrogen) atoms. The number of hydrogen-bond donors (Lipinski definition) is 0. The molecule has 0 radical (unpaired) electrons. The van der Waals surface area contributed by atoms with Crippen molar-refractivity contribution >= 4 is 21.6 Å². The van der Waals surface area contributed by atoms with E-state index in [1.807, 2.05) is 6.07 Å². The standard InChI is InChI=1S/C15H16ClF3N2O3S/c16-13-3-2-12(15(17,18)19)8-14(13)25(22,23)21(6-1-5-20)9-11-4-7-24-10-11/h2-3,8,11H,1,4,6-7,9-10H2. The third kappa shape index (κ3) is 4.85. The summed E-state index contributed by atoms with van der Waals surface area (Å²) < 4.78 is 70.6. The minimum atomic E-state index is -4.69. The van der Waals surface area contributed by atoms with Gasteiger partial charge in [-0.3, -0.25) is 0 Å². The molecule has 0 amide bonds. The zero-order valence-corrected chi connectivity index (χ0v) is 14.7. The molecule has 138 valence electrons. The Morgan fingerprint density at radius 1 is 1.40 bits per heavy atom. The smallest absolute Gasteiger partial charge is 0.381 e. The Bertz CT molecular complexity index is 756. The zero-order chi connectivity index (χ0) is 18.7. The molecule has 0 aromatic heterocycles. The molecule has 5 nitrogen and oxygen atoms in total. The van der Waals surface area contributed by atoms with Gasteiger partial charge in [-0.15, -0.1) is 0 Å². The molecule has 0 spiro atoms. The van der Waals surface area contributed by atoms with Gasteiger partial charge in [-0.05, 0) is 30.5 Å². The molecule has 0 saturated carbocycles. The lowest BCUT2D eigenvalue weighted by atomic mass is 10.1. The molecule has 0 aliphatic carbocycles. The number of hydrogen-bond acceptors (Lipinski definition) is 4. The van der Waals surface area contributed by atoms with E-state index < -0.39 is 26.7 Å². The Morgan fingerprint density at radius 3 is 2.68 bits per heavy atom. The van der Waals surface area contributed by atoms with Crippen LogP contribution in [0.2, 0.25) is 5.02 Å². The van der Waals surface area contributed by atoms with E-state index in [9.17, 15) is 21.6 Å². The van der Waals surface area contributed by atoms with Crippen molar-refractivity contribution in [2.24, 2.45) is 5.92 Å². The average molecular weight is 397 g/mol. The summed E-state index contributed by atoms with van der Waals surface area (Å²) in [4.78, 5) is -0.610. The molecular weight excluding hydrogens is 381 g/mol. The summed E-state index contributed by atoms with van der Waals surface area (Å²) in [5, 5.41) is 8.45. The summed E-state index contributed by atoms with van der Waals surface area (Å²) in [5.74, 6) is -0.0713. The Balaban J connectivity index is 2.39. The molecule has 1 unspecified atom stereocenters. The second-order valence-corrected chi connectivity index (χ2v) is 7.96. The second-order valence-electron chi connectivity index (χ2n) is 5.64. The van der Waals surface area contributed by atoms with Crippen LogP contribution in [0.25, 0.3) is 0 Å². The monoisotopic (exact) mass is 396 g/mol. The van der Waals surface area contributed by atoms with Crippen LogP contribution >= 0.6 is 11.6 Å². The molecule has 0 N–H and O–H groups in total. The van der Waals surface area contributed by atoms with E-state index in [-0.39, 0.29) is 30.5 Å². The average Bonchev–Trinajstić information content (AvgIpc) is 3.03. The third-order valence-electron chi connectivity index (χ3n) is 3.84. The lowest BCUT2D eigenvalue weighted by Crippen LogP contribution is -2.36. The van der Waals surface area contributed by atoms with Crippen molar-refractivity contribution < 1.29 is 26.3 Å². The van der Waals surface area contributed by atoms with E-state index in [0.717, 1.165) is 16.4 Å². The molecule has 1 heterocycles. The first-order valence-corrected chi connectivity index (χ1v) is 9.29. The fourth-order valence-electron chi connectivity index (χ4n) is 2.52. The van der Waals surface area contributed by atoms with Crippen LogP contribution in [0.3, 0.4) is 0 Å². The molecule has 1 atom stereocenters. The van der Waals surface area contributed by atoms with Crippen LogP contribution in [0.4, 0.5) is 13.2 Å². The summed E-state index contributed by atoms with van der Waals surface area (Å²) in [7, 11) is -4.28. The minimum Gasteiger partial charge on any atom is -0.381 e. The quantitative estimate of drug-likeness (QED) is 0.739. The number of benzene rings is 1. The summed E-state index contributed by atoms with van der Waals surface area (Å²) in [6, 6.07) is 4.02. The van der Waals surface area contributed by atoms with E-state index in [0.29, 0.717) is 25.7 Å². The second kappa shape index (κ2) is 7.91. The van der Waals surface area contributed by atoms with Gasteiger partial charge in [0.05, 0.1) is 23.3 Å². The van der Waals surface area contributed by atoms with Crippen molar-refractivity contribution in [1.29, 1.82) is 5.26 Å². The number of sulfonamides is 1. The van der Waals surface area contributed by atoms with Gasteiger partial charge in [0, 0.05) is 26.1 Å². The number of alkyl halides is 3. The van der Waals surface area contributed by atoms with Crippen molar-refractivity contribution in [1.82, 2.24) is 4.31 Å². The van der Waals surface area contributed by atoms with E-state index in [4.69, 9.17) is 21.6 Å². The molecule has 1 aromatic carbocycles. The number of rotatable bonds is 6. The highest BCUT2D eigenvalue weighted by Gasteiger charge is 2.35. The Morgan fingerprint density at radius 2 is 2.12 bits per heavy atom. The first kappa shape index (κ1) is 20.0. The number of nitriles is 1. The molecule has 1 aliphatic rings. The Labute approximate surface area is 149 Å². The Hall–Kier alpha value is -1.34. The van der Waals surface area contributed by atoms with Crippen LogP contribution in [-0.2, 0) is 20.9 Å². The van der Waals surface area contributed by atoms with Crippen LogP contribution in [0, 0.1) is 17.2 Å². The number of ether oxygens (including phenoxy) is 1. The maximum atomic E-state index is 12.9. The van der Waals surface area contributed by atoms with Gasteiger partial charge in [0.15, 0.2) is 0 Å². The SMILES string of the molecule is N#CCCN(CC1CCOC1)S(=O)(=O)c1cc(C(F)(F)F)ccc1Cl. The normalized spacial score (nSPS) is 18.5. The summed E-state index contributed by atoms with van der Waals surface area (Å²) in [6.07, 6.45) is -4.12. The summed E-state index contributed by atoms with van der Waals surface area (Å²) >= 11 is 5.86. The molecule has 0 bridgehead atoms. The highest BCUT2D eigenvalue weighted by molar-refractivity contribution is 7.89. The van der Waals surface area contributed by atoms with Gasteiger partial charge in [0.2, 0.25) is 10.0 Å². The maximum absolute atomic E-state index is 12.9. The predicted octanol–water partition coefficient (Wildman–Crippen LogP) is 3.30. The van der Waals surface area contributed by atoms with Gasteiger partial charge in [-0.25, -0.2) is 8.42 Å². The molecule has 2 rings (SSSR count). The van der Waals surface area contributed by atoms with Crippen LogP contribution in [-0.4, -0.2) is 39.0 Å². The van der Waals surface area contributed by atoms with Gasteiger partial charge < -0.3 is 4.74 Å². The summed E-state index contributed by atoms with van der Waals surface area (Å²) in [6.45, 7) is 0.814. The van der Waals surface area contributed by atoms with Crippen LogP contribution in [0.5, 0.6) is 0 Å². The molecule has 1 saturated heterocycles. The van der Waals surface area contributed by atoms with Gasteiger partial charge in [0.25, 0.3) is 0 Å². The number of nitrogens with zero attached hydrogens (tertiary/aromatic N) is 2. The van der Waals surface area contributed by atoms with Crippen molar-refractivity contribution in [3.05, 3.63) is 28.8 Å². The van der Waals surface area contributed by atoms with Crippen molar-refractivity contribution in [3.8, 4) is 6.07 Å². The lowest BCUT2D eigenvalue weighted by molar-refractivity contribution is -0.137. The van der Waals surface area contributed by atoms with Crippen molar-refractivity contribution in [2.75, 3.05) is 26.3 Å². The van der Waals surface area contributed by atoms with Gasteiger partial charge in [-0.1, -0.05) is 11.6 Å². The van der Waals surface area contributed by atoms with Crippen LogP contribution in [0.15, 0.2) is 23.1 Å². The number of halogens is 4. The van der Waals surface area contributed by atoms with Crippen LogP contribution < -0.4 is 0 Å². The van der Waals surface area contributed by atoms with E-state index in [1.54, 1.807) is 0 Å². The Kier molecular flexibility index (Phi) is 6.32. The molecular formula is C15H16ClF3N2O3S. The molecule has 1 aromatic rings. The summed E-state index contributed by atoms with van der Waals surface area (Å²) in [5.41, 5.74) is -1.10. The fraction of sp³-hybridized carbons (Fsp3) is 0.533. The topological polar surface area (TPSA) is 70.4 Å². The molecule has 10 heteroatoms. The first-order valence-electron chi connectivity index (χ1n) is 7.48. The maximum Gasteiger partial charge on any atom is 0.416 e. The third-order valence-corrected chi connectivity index (χ3v) is 6.18. The van der Waals surface area contributed by atoms with Gasteiger partial charge in [-0.2, -0.15) is 22.7 Å². The van der Waals surface area contributed by atoms with Gasteiger partial charge in [0.1, 0.15) is 4.90 Å². The van der Waals surface area contributed by atoms with E-state index in [2.05, 4.69) is 0 Å². The van der Waals surface area contributed by atoms with E-state index >= 15 is 0 Å². The largest absolute Gasteiger partial charge is 0.416 e.